The molecule has 2 aromatic carbocycles. The molecule has 0 saturated carbocycles. The number of nitrogens with one attached hydrogen (secondary N) is 1. The van der Waals surface area contributed by atoms with Gasteiger partial charge in [-0.25, -0.2) is 0 Å². The van der Waals surface area contributed by atoms with Crippen LogP contribution < -0.4 is 0 Å². The van der Waals surface area contributed by atoms with Crippen molar-refractivity contribution in [1.29, 1.82) is 0 Å². The number of carbonyl (C=O) groups is 2. The van der Waals surface area contributed by atoms with E-state index in [-0.39, 0.29) is 17.7 Å². The van der Waals surface area contributed by atoms with E-state index in [0.717, 1.165) is 22.4 Å². The zero-order valence-electron chi connectivity index (χ0n) is 19.0. The van der Waals surface area contributed by atoms with E-state index >= 15 is 0 Å². The molecule has 0 radical (unpaired) electrons. The van der Waals surface area contributed by atoms with Crippen LogP contribution in [0.3, 0.4) is 0 Å². The Labute approximate surface area is 189 Å². The van der Waals surface area contributed by atoms with Crippen LogP contribution in [0, 0.1) is 19.8 Å². The normalized spacial score (nSPS) is 16.8. The third-order valence-electron chi connectivity index (χ3n) is 6.32. The maximum atomic E-state index is 13.4. The molecule has 1 N–H and O–H groups in total. The molecule has 0 aliphatic carbocycles. The topological polar surface area (TPSA) is 69.3 Å². The SMILES string of the molecule is CCN1CCN(C(=O)c2cn[nH]c2C)CC(Cc2ccccc2-c2ccc(C)cc2)C1=O. The average molecular weight is 431 g/mol. The van der Waals surface area contributed by atoms with Crippen molar-refractivity contribution in [2.45, 2.75) is 27.2 Å². The number of aryl methyl sites for hydroxylation is 2. The zero-order chi connectivity index (χ0) is 22.7. The number of amides is 2. The number of likely N-dealkylation sites (N-methyl/N-ethyl adjacent to an activating group) is 1. The maximum absolute atomic E-state index is 13.4. The quantitative estimate of drug-likeness (QED) is 0.668. The minimum atomic E-state index is -0.291. The second kappa shape index (κ2) is 9.39. The van der Waals surface area contributed by atoms with Gasteiger partial charge in [0.2, 0.25) is 5.91 Å². The van der Waals surface area contributed by atoms with Crippen molar-refractivity contribution in [3.8, 4) is 11.1 Å². The van der Waals surface area contributed by atoms with Crippen LogP contribution in [0.25, 0.3) is 11.1 Å². The third kappa shape index (κ3) is 4.44. The predicted molar refractivity (Wildman–Crippen MR) is 125 cm³/mol. The second-order valence-corrected chi connectivity index (χ2v) is 8.50. The molecule has 1 aliphatic heterocycles. The monoisotopic (exact) mass is 430 g/mol. The molecule has 2 heterocycles. The van der Waals surface area contributed by atoms with E-state index in [9.17, 15) is 9.59 Å². The molecule has 3 aromatic rings. The smallest absolute Gasteiger partial charge is 0.257 e. The number of hydrogen-bond donors (Lipinski definition) is 1. The first kappa shape index (κ1) is 21.8. The summed E-state index contributed by atoms with van der Waals surface area (Å²) in [5.41, 5.74) is 5.94. The summed E-state index contributed by atoms with van der Waals surface area (Å²) in [5, 5.41) is 6.83. The minimum Gasteiger partial charge on any atom is -0.341 e. The molecule has 1 aliphatic rings. The van der Waals surface area contributed by atoms with Crippen molar-refractivity contribution >= 4 is 11.8 Å². The van der Waals surface area contributed by atoms with Crippen LogP contribution >= 0.6 is 0 Å². The van der Waals surface area contributed by atoms with E-state index in [1.54, 1.807) is 6.20 Å². The first-order chi connectivity index (χ1) is 15.5. The van der Waals surface area contributed by atoms with E-state index in [4.69, 9.17) is 0 Å². The fraction of sp³-hybridized carbons (Fsp3) is 0.346. The fourth-order valence-corrected chi connectivity index (χ4v) is 4.41. The molecule has 1 aromatic heterocycles. The molecule has 0 spiro atoms. The van der Waals surface area contributed by atoms with Gasteiger partial charge in [-0.15, -0.1) is 0 Å². The van der Waals surface area contributed by atoms with Crippen molar-refractivity contribution in [1.82, 2.24) is 20.0 Å². The summed E-state index contributed by atoms with van der Waals surface area (Å²) in [7, 11) is 0. The highest BCUT2D eigenvalue weighted by atomic mass is 16.2. The predicted octanol–water partition coefficient (Wildman–Crippen LogP) is 3.86. The van der Waals surface area contributed by atoms with Crippen LogP contribution in [0.5, 0.6) is 0 Å². The molecular formula is C26H30N4O2. The van der Waals surface area contributed by atoms with Crippen molar-refractivity contribution < 1.29 is 9.59 Å². The van der Waals surface area contributed by atoms with Gasteiger partial charge in [0.1, 0.15) is 0 Å². The van der Waals surface area contributed by atoms with Crippen LogP contribution in [0.2, 0.25) is 0 Å². The molecule has 1 unspecified atom stereocenters. The Morgan fingerprint density at radius 1 is 1.09 bits per heavy atom. The largest absolute Gasteiger partial charge is 0.341 e. The lowest BCUT2D eigenvalue weighted by atomic mass is 9.91. The van der Waals surface area contributed by atoms with Crippen molar-refractivity contribution in [2.75, 3.05) is 26.2 Å². The summed E-state index contributed by atoms with van der Waals surface area (Å²) in [5.74, 6) is -0.246. The van der Waals surface area contributed by atoms with E-state index in [1.165, 1.54) is 5.56 Å². The van der Waals surface area contributed by atoms with Crippen LogP contribution in [0.15, 0.2) is 54.7 Å². The fourth-order valence-electron chi connectivity index (χ4n) is 4.41. The molecule has 2 amide bonds. The summed E-state index contributed by atoms with van der Waals surface area (Å²) >= 11 is 0. The lowest BCUT2D eigenvalue weighted by Crippen LogP contribution is -2.38. The van der Waals surface area contributed by atoms with Crippen molar-refractivity contribution in [3.05, 3.63) is 77.1 Å². The highest BCUT2D eigenvalue weighted by Crippen LogP contribution is 2.28. The van der Waals surface area contributed by atoms with Gasteiger partial charge in [-0.1, -0.05) is 54.1 Å². The number of aromatic amines is 1. The third-order valence-corrected chi connectivity index (χ3v) is 6.32. The minimum absolute atomic E-state index is 0.0705. The maximum Gasteiger partial charge on any atom is 0.257 e. The highest BCUT2D eigenvalue weighted by molar-refractivity contribution is 5.95. The number of H-pyrrole nitrogens is 1. The summed E-state index contributed by atoms with van der Waals surface area (Å²) in [4.78, 5) is 30.2. The Balaban J connectivity index is 1.64. The lowest BCUT2D eigenvalue weighted by molar-refractivity contribution is -0.134. The van der Waals surface area contributed by atoms with Gasteiger partial charge in [0.25, 0.3) is 5.91 Å². The van der Waals surface area contributed by atoms with Crippen LogP contribution in [0.4, 0.5) is 0 Å². The van der Waals surface area contributed by atoms with Gasteiger partial charge >= 0.3 is 0 Å². The number of benzene rings is 2. The first-order valence-corrected chi connectivity index (χ1v) is 11.2. The number of aromatic nitrogens is 2. The van der Waals surface area contributed by atoms with Gasteiger partial charge in [-0.05, 0) is 43.9 Å². The Morgan fingerprint density at radius 2 is 1.84 bits per heavy atom. The van der Waals surface area contributed by atoms with Gasteiger partial charge in [0, 0.05) is 31.9 Å². The number of carbonyl (C=O) groups excluding carboxylic acids is 2. The van der Waals surface area contributed by atoms with Gasteiger partial charge in [-0.3, -0.25) is 14.7 Å². The van der Waals surface area contributed by atoms with Gasteiger partial charge in [-0.2, -0.15) is 5.10 Å². The first-order valence-electron chi connectivity index (χ1n) is 11.2. The van der Waals surface area contributed by atoms with Gasteiger partial charge in [0.05, 0.1) is 17.7 Å². The Morgan fingerprint density at radius 3 is 2.53 bits per heavy atom. The Hall–Kier alpha value is -3.41. The van der Waals surface area contributed by atoms with Crippen molar-refractivity contribution in [2.24, 2.45) is 5.92 Å². The van der Waals surface area contributed by atoms with Crippen molar-refractivity contribution in [3.63, 3.8) is 0 Å². The number of nitrogens with zero attached hydrogens (tertiary/aromatic N) is 3. The second-order valence-electron chi connectivity index (χ2n) is 8.50. The van der Waals surface area contributed by atoms with E-state index < -0.39 is 0 Å². The molecule has 6 nitrogen and oxygen atoms in total. The molecule has 1 fully saturated rings. The van der Waals surface area contributed by atoms with Crippen LogP contribution in [-0.4, -0.2) is 58.0 Å². The molecular weight excluding hydrogens is 400 g/mol. The summed E-state index contributed by atoms with van der Waals surface area (Å²) in [6.45, 7) is 8.03. The molecule has 166 valence electrons. The molecule has 4 rings (SSSR count). The molecule has 6 heteroatoms. The molecule has 1 saturated heterocycles. The Bertz CT molecular complexity index is 1100. The van der Waals surface area contributed by atoms with Crippen LogP contribution in [0.1, 0.15) is 34.1 Å². The molecule has 0 bridgehead atoms. The number of hydrogen-bond acceptors (Lipinski definition) is 3. The summed E-state index contributed by atoms with van der Waals surface area (Å²) < 4.78 is 0. The van der Waals surface area contributed by atoms with Gasteiger partial charge in [0.15, 0.2) is 0 Å². The Kier molecular flexibility index (Phi) is 6.40. The van der Waals surface area contributed by atoms with E-state index in [1.807, 2.05) is 35.8 Å². The highest BCUT2D eigenvalue weighted by Gasteiger charge is 2.33. The lowest BCUT2D eigenvalue weighted by Gasteiger charge is -2.24. The molecule has 1 atom stereocenters. The van der Waals surface area contributed by atoms with E-state index in [0.29, 0.717) is 38.2 Å². The molecule has 32 heavy (non-hydrogen) atoms. The zero-order valence-corrected chi connectivity index (χ0v) is 19.0. The van der Waals surface area contributed by atoms with Crippen LogP contribution in [-0.2, 0) is 11.2 Å². The average Bonchev–Trinajstić information content (AvgIpc) is 3.17. The number of rotatable bonds is 5. The summed E-state index contributed by atoms with van der Waals surface area (Å²) in [6.07, 6.45) is 2.16. The summed E-state index contributed by atoms with van der Waals surface area (Å²) in [6, 6.07) is 16.7. The van der Waals surface area contributed by atoms with E-state index in [2.05, 4.69) is 53.5 Å². The van der Waals surface area contributed by atoms with Gasteiger partial charge < -0.3 is 9.80 Å². The standard InChI is InChI=1S/C26H30N4O2/c1-4-29-13-14-30(26(32)24-16-27-28-19(24)3)17-22(25(29)31)15-21-7-5-6-8-23(21)20-11-9-18(2)10-12-20/h5-12,16,22H,4,13-15,17H2,1-3H3,(H,27,28).